The Balaban J connectivity index is 1.58. The molecular formula is C27H25FN2O4S. The minimum atomic E-state index is -0.556. The van der Waals surface area contributed by atoms with Crippen molar-refractivity contribution in [1.82, 2.24) is 9.88 Å². The minimum absolute atomic E-state index is 0.0249. The van der Waals surface area contributed by atoms with Gasteiger partial charge in [0.1, 0.15) is 17.4 Å². The van der Waals surface area contributed by atoms with Gasteiger partial charge < -0.3 is 19.5 Å². The summed E-state index contributed by atoms with van der Waals surface area (Å²) in [5.74, 6) is 0.0936. The van der Waals surface area contributed by atoms with Gasteiger partial charge in [-0.1, -0.05) is 48.5 Å². The van der Waals surface area contributed by atoms with E-state index in [1.807, 2.05) is 42.5 Å². The number of thiazole rings is 1. The van der Waals surface area contributed by atoms with Crippen LogP contribution in [0, 0.1) is 5.82 Å². The third-order valence-corrected chi connectivity index (χ3v) is 6.19. The maximum absolute atomic E-state index is 14.4. The lowest BCUT2D eigenvalue weighted by Gasteiger charge is -2.24. The van der Waals surface area contributed by atoms with Crippen LogP contribution >= 0.6 is 11.3 Å². The molecule has 3 aromatic carbocycles. The number of carbonyl (C=O) groups excluding carboxylic acids is 1. The molecule has 1 N–H and O–H groups in total. The molecule has 0 unspecified atom stereocenters. The molecular weight excluding hydrogens is 467 g/mol. The SMILES string of the molecule is COc1ccc(CN(Cc2ccccc2)C(=O)c2ccccc2F)cc1OCc1nc(CO)cs1. The fourth-order valence-corrected chi connectivity index (χ4v) is 4.28. The van der Waals surface area contributed by atoms with Gasteiger partial charge in [-0.3, -0.25) is 4.79 Å². The molecule has 0 radical (unpaired) electrons. The highest BCUT2D eigenvalue weighted by atomic mass is 32.1. The fourth-order valence-electron chi connectivity index (χ4n) is 3.59. The predicted molar refractivity (Wildman–Crippen MR) is 132 cm³/mol. The Morgan fingerprint density at radius 1 is 1.00 bits per heavy atom. The normalized spacial score (nSPS) is 10.7. The molecule has 0 aliphatic carbocycles. The molecule has 0 bridgehead atoms. The number of ether oxygens (including phenoxy) is 2. The van der Waals surface area contributed by atoms with Crippen molar-refractivity contribution >= 4 is 17.2 Å². The fraction of sp³-hybridized carbons (Fsp3) is 0.185. The molecule has 0 fully saturated rings. The van der Waals surface area contributed by atoms with E-state index >= 15 is 0 Å². The first-order chi connectivity index (χ1) is 17.1. The minimum Gasteiger partial charge on any atom is -0.493 e. The van der Waals surface area contributed by atoms with E-state index in [0.717, 1.165) is 16.1 Å². The Bertz CT molecular complexity index is 1280. The first-order valence-corrected chi connectivity index (χ1v) is 11.9. The number of aromatic nitrogens is 1. The van der Waals surface area contributed by atoms with Crippen molar-refractivity contribution in [3.63, 3.8) is 0 Å². The molecule has 1 aromatic heterocycles. The van der Waals surface area contributed by atoms with Crippen molar-refractivity contribution in [2.24, 2.45) is 0 Å². The number of methoxy groups -OCH3 is 1. The number of hydrogen-bond acceptors (Lipinski definition) is 6. The van der Waals surface area contributed by atoms with Crippen LogP contribution in [0.5, 0.6) is 11.5 Å². The molecule has 0 saturated carbocycles. The van der Waals surface area contributed by atoms with Gasteiger partial charge in [-0.15, -0.1) is 11.3 Å². The zero-order chi connectivity index (χ0) is 24.6. The lowest BCUT2D eigenvalue weighted by atomic mass is 10.1. The number of benzene rings is 3. The molecule has 35 heavy (non-hydrogen) atoms. The number of amides is 1. The summed E-state index contributed by atoms with van der Waals surface area (Å²) in [6, 6.07) is 21.0. The third kappa shape index (κ3) is 6.23. The van der Waals surface area contributed by atoms with Gasteiger partial charge >= 0.3 is 0 Å². The molecule has 4 rings (SSSR count). The van der Waals surface area contributed by atoms with Gasteiger partial charge in [0.25, 0.3) is 5.91 Å². The quantitative estimate of drug-likeness (QED) is 0.329. The lowest BCUT2D eigenvalue weighted by molar-refractivity contribution is 0.0725. The summed E-state index contributed by atoms with van der Waals surface area (Å²) in [4.78, 5) is 19.2. The second kappa shape index (κ2) is 11.6. The summed E-state index contributed by atoms with van der Waals surface area (Å²) in [5.41, 5.74) is 2.36. The van der Waals surface area contributed by atoms with Crippen molar-refractivity contribution in [2.75, 3.05) is 7.11 Å². The van der Waals surface area contributed by atoms with Crippen molar-refractivity contribution in [2.45, 2.75) is 26.3 Å². The summed E-state index contributed by atoms with van der Waals surface area (Å²) >= 11 is 1.40. The van der Waals surface area contributed by atoms with Crippen molar-refractivity contribution in [3.05, 3.63) is 111 Å². The second-order valence-electron chi connectivity index (χ2n) is 7.79. The number of nitrogens with zero attached hydrogens (tertiary/aromatic N) is 2. The van der Waals surface area contributed by atoms with Gasteiger partial charge in [-0.25, -0.2) is 9.37 Å². The van der Waals surface area contributed by atoms with E-state index in [0.29, 0.717) is 23.7 Å². The van der Waals surface area contributed by atoms with Gasteiger partial charge in [0.05, 0.1) is 25.0 Å². The highest BCUT2D eigenvalue weighted by Crippen LogP contribution is 2.30. The second-order valence-corrected chi connectivity index (χ2v) is 8.73. The Labute approximate surface area is 207 Å². The zero-order valence-electron chi connectivity index (χ0n) is 19.2. The molecule has 1 heterocycles. The molecule has 0 spiro atoms. The number of carbonyl (C=O) groups is 1. The third-order valence-electron chi connectivity index (χ3n) is 5.32. The average Bonchev–Trinajstić information content (AvgIpc) is 3.36. The molecule has 0 saturated heterocycles. The van der Waals surface area contributed by atoms with Crippen LogP contribution in [-0.4, -0.2) is 28.0 Å². The number of aliphatic hydroxyl groups is 1. The number of hydrogen-bond donors (Lipinski definition) is 1. The zero-order valence-corrected chi connectivity index (χ0v) is 20.0. The number of rotatable bonds is 10. The van der Waals surface area contributed by atoms with Gasteiger partial charge in [0.2, 0.25) is 0 Å². The van der Waals surface area contributed by atoms with E-state index in [9.17, 15) is 14.3 Å². The van der Waals surface area contributed by atoms with Crippen LogP contribution < -0.4 is 9.47 Å². The molecule has 0 aliphatic rings. The standard InChI is InChI=1S/C27H25FN2O4S/c1-33-24-12-11-20(13-25(24)34-17-26-29-21(16-31)18-35-26)15-30(14-19-7-3-2-4-8-19)27(32)22-9-5-6-10-23(22)28/h2-13,18,31H,14-17H2,1H3. The van der Waals surface area contributed by atoms with E-state index < -0.39 is 11.7 Å². The molecule has 1 amide bonds. The lowest BCUT2D eigenvalue weighted by Crippen LogP contribution is -2.30. The maximum Gasteiger partial charge on any atom is 0.257 e. The number of aliphatic hydroxyl groups excluding tert-OH is 1. The van der Waals surface area contributed by atoms with E-state index in [1.165, 1.54) is 23.5 Å². The molecule has 4 aromatic rings. The molecule has 180 valence electrons. The van der Waals surface area contributed by atoms with Gasteiger partial charge in [0.15, 0.2) is 11.5 Å². The van der Waals surface area contributed by atoms with Gasteiger partial charge in [-0.2, -0.15) is 0 Å². The Morgan fingerprint density at radius 2 is 1.74 bits per heavy atom. The maximum atomic E-state index is 14.4. The smallest absolute Gasteiger partial charge is 0.257 e. The van der Waals surface area contributed by atoms with Crippen LogP contribution in [0.1, 0.15) is 32.2 Å². The van der Waals surface area contributed by atoms with Crippen LogP contribution in [0.3, 0.4) is 0 Å². The Kier molecular flexibility index (Phi) is 8.07. The monoisotopic (exact) mass is 492 g/mol. The van der Waals surface area contributed by atoms with Crippen LogP contribution in [0.4, 0.5) is 4.39 Å². The molecule has 0 atom stereocenters. The summed E-state index contributed by atoms with van der Waals surface area (Å²) < 4.78 is 25.8. The Morgan fingerprint density at radius 3 is 2.46 bits per heavy atom. The van der Waals surface area contributed by atoms with E-state index in [1.54, 1.807) is 35.6 Å². The van der Waals surface area contributed by atoms with Crippen molar-refractivity contribution < 1.29 is 23.8 Å². The van der Waals surface area contributed by atoms with Crippen molar-refractivity contribution in [3.8, 4) is 11.5 Å². The van der Waals surface area contributed by atoms with Crippen LogP contribution in [-0.2, 0) is 26.3 Å². The first-order valence-electron chi connectivity index (χ1n) is 11.0. The van der Waals surface area contributed by atoms with E-state index in [2.05, 4.69) is 4.98 Å². The molecule has 6 nitrogen and oxygen atoms in total. The molecule has 8 heteroatoms. The van der Waals surface area contributed by atoms with Crippen LogP contribution in [0.2, 0.25) is 0 Å². The van der Waals surface area contributed by atoms with E-state index in [-0.39, 0.29) is 25.3 Å². The van der Waals surface area contributed by atoms with Gasteiger partial charge in [0, 0.05) is 18.5 Å². The number of halogens is 1. The van der Waals surface area contributed by atoms with Crippen LogP contribution in [0.15, 0.2) is 78.2 Å². The summed E-state index contributed by atoms with van der Waals surface area (Å²) in [6.45, 7) is 0.655. The average molecular weight is 493 g/mol. The van der Waals surface area contributed by atoms with E-state index in [4.69, 9.17) is 9.47 Å². The molecule has 0 aliphatic heterocycles. The summed E-state index contributed by atoms with van der Waals surface area (Å²) in [5, 5.41) is 11.7. The first kappa shape index (κ1) is 24.4. The Hall–Kier alpha value is -3.75. The highest BCUT2D eigenvalue weighted by Gasteiger charge is 2.20. The topological polar surface area (TPSA) is 71.9 Å². The summed E-state index contributed by atoms with van der Waals surface area (Å²) in [7, 11) is 1.55. The van der Waals surface area contributed by atoms with Gasteiger partial charge in [-0.05, 0) is 35.4 Å². The predicted octanol–water partition coefficient (Wildman–Crippen LogP) is 5.20. The highest BCUT2D eigenvalue weighted by molar-refractivity contribution is 7.09. The van der Waals surface area contributed by atoms with Crippen molar-refractivity contribution in [1.29, 1.82) is 0 Å². The largest absolute Gasteiger partial charge is 0.493 e. The summed E-state index contributed by atoms with van der Waals surface area (Å²) in [6.07, 6.45) is 0. The van der Waals surface area contributed by atoms with Crippen LogP contribution in [0.25, 0.3) is 0 Å².